The number of Topliss-reactive ketones (excluding diaryl/α,β-unsaturated/α-hetero) is 1. The fourth-order valence-electron chi connectivity index (χ4n) is 2.26. The number of carbonyl (C=O) groups excluding carboxylic acids is 2. The lowest BCUT2D eigenvalue weighted by molar-refractivity contribution is -0.146. The number of rotatable bonds is 7. The van der Waals surface area contributed by atoms with Gasteiger partial charge in [0.05, 0.1) is 12.3 Å². The molecule has 0 heterocycles. The van der Waals surface area contributed by atoms with Crippen molar-refractivity contribution < 1.29 is 14.3 Å². The average molecular weight is 312 g/mol. The van der Waals surface area contributed by atoms with Gasteiger partial charge in [0, 0.05) is 11.8 Å². The van der Waals surface area contributed by atoms with Gasteiger partial charge in [-0.25, -0.2) is 4.79 Å². The number of ketones is 1. The van der Waals surface area contributed by atoms with Crippen molar-refractivity contribution in [2.24, 2.45) is 0 Å². The molecule has 1 aromatic carbocycles. The highest BCUT2D eigenvalue weighted by Gasteiger charge is 2.33. The summed E-state index contributed by atoms with van der Waals surface area (Å²) in [6, 6.07) is 4.74. The van der Waals surface area contributed by atoms with Crippen molar-refractivity contribution in [3.8, 4) is 0 Å². The summed E-state index contributed by atoms with van der Waals surface area (Å²) < 4.78 is 6.20. The summed E-state index contributed by atoms with van der Waals surface area (Å²) in [4.78, 5) is 23.9. The Morgan fingerprint density at radius 2 is 1.71 bits per heavy atom. The van der Waals surface area contributed by atoms with Gasteiger partial charge in [0.15, 0.2) is 5.78 Å². The highest BCUT2D eigenvalue weighted by molar-refractivity contribution is 6.31. The van der Waals surface area contributed by atoms with Crippen LogP contribution in [0.2, 0.25) is 0 Å². The second-order valence-corrected chi connectivity index (χ2v) is 5.07. The van der Waals surface area contributed by atoms with Crippen molar-refractivity contribution in [3.05, 3.63) is 29.3 Å². The Morgan fingerprint density at radius 1 is 1.19 bits per heavy atom. The van der Waals surface area contributed by atoms with Gasteiger partial charge in [0.25, 0.3) is 0 Å². The molecule has 0 N–H and O–H groups in total. The van der Waals surface area contributed by atoms with Gasteiger partial charge in [-0.1, -0.05) is 32.0 Å². The molecular weight excluding hydrogens is 290 g/mol. The quantitative estimate of drug-likeness (QED) is 0.440. The minimum atomic E-state index is -1.12. The summed E-state index contributed by atoms with van der Waals surface area (Å²) in [6.45, 7) is 7.28. The first-order valence-electron chi connectivity index (χ1n) is 7.20. The van der Waals surface area contributed by atoms with Crippen LogP contribution in [0.15, 0.2) is 18.2 Å². The Hall–Kier alpha value is -1.55. The zero-order valence-corrected chi connectivity index (χ0v) is 13.7. The molecule has 4 nitrogen and oxygen atoms in total. The van der Waals surface area contributed by atoms with E-state index in [-0.39, 0.29) is 12.4 Å². The second-order valence-electron chi connectivity index (χ2n) is 4.71. The number of ether oxygens (including phenoxy) is 1. The van der Waals surface area contributed by atoms with Crippen molar-refractivity contribution in [2.45, 2.75) is 46.6 Å². The van der Waals surface area contributed by atoms with Crippen LogP contribution in [0.1, 0.15) is 38.8 Å². The van der Waals surface area contributed by atoms with Gasteiger partial charge < -0.3 is 4.74 Å². The van der Waals surface area contributed by atoms with Gasteiger partial charge >= 0.3 is 5.97 Å². The van der Waals surface area contributed by atoms with Crippen molar-refractivity contribution in [1.82, 2.24) is 0 Å². The van der Waals surface area contributed by atoms with E-state index in [2.05, 4.69) is 0 Å². The van der Waals surface area contributed by atoms with Gasteiger partial charge in [-0.3, -0.25) is 9.21 Å². The molecule has 0 aliphatic rings. The van der Waals surface area contributed by atoms with E-state index in [1.54, 1.807) is 6.92 Å². The number of anilines is 1. The summed E-state index contributed by atoms with van der Waals surface area (Å²) in [5.41, 5.74) is 2.73. The normalized spacial score (nSPS) is 11.9. The number of benzene rings is 1. The molecule has 1 rings (SSSR count). The summed E-state index contributed by atoms with van der Waals surface area (Å²) in [7, 11) is 0. The van der Waals surface area contributed by atoms with E-state index < -0.39 is 12.0 Å². The van der Waals surface area contributed by atoms with Gasteiger partial charge in [0.2, 0.25) is 6.04 Å². The van der Waals surface area contributed by atoms with E-state index in [4.69, 9.17) is 16.5 Å². The number of nitrogens with zero attached hydrogens (tertiary/aromatic N) is 1. The van der Waals surface area contributed by atoms with E-state index in [0.717, 1.165) is 29.7 Å². The summed E-state index contributed by atoms with van der Waals surface area (Å²) in [6.07, 6.45) is 1.53. The van der Waals surface area contributed by atoms with Gasteiger partial charge in [-0.15, -0.1) is 0 Å². The number of hydrogen-bond donors (Lipinski definition) is 0. The van der Waals surface area contributed by atoms with Crippen molar-refractivity contribution in [2.75, 3.05) is 11.0 Å². The second kappa shape index (κ2) is 8.03. The van der Waals surface area contributed by atoms with E-state index in [1.165, 1.54) is 11.3 Å². The van der Waals surface area contributed by atoms with Crippen LogP contribution in [-0.2, 0) is 27.2 Å². The predicted octanol–water partition coefficient (Wildman–Crippen LogP) is 3.29. The maximum absolute atomic E-state index is 12.0. The molecule has 0 saturated carbocycles. The van der Waals surface area contributed by atoms with Crippen molar-refractivity contribution in [3.63, 3.8) is 0 Å². The highest BCUT2D eigenvalue weighted by Crippen LogP contribution is 2.30. The smallest absolute Gasteiger partial charge is 0.337 e. The van der Waals surface area contributed by atoms with Crippen LogP contribution >= 0.6 is 11.8 Å². The number of hydrogen-bond acceptors (Lipinski definition) is 4. The zero-order valence-electron chi connectivity index (χ0n) is 13.0. The number of halogens is 1. The Kier molecular flexibility index (Phi) is 6.69. The minimum absolute atomic E-state index is 0.212. The Labute approximate surface area is 131 Å². The van der Waals surface area contributed by atoms with Crippen LogP contribution in [0.4, 0.5) is 5.69 Å². The SMILES string of the molecule is CCOC(=O)C(C(C)=O)N(Cl)c1c(CC)cccc1CC. The molecule has 1 unspecified atom stereocenters. The number of esters is 1. The predicted molar refractivity (Wildman–Crippen MR) is 84.6 cm³/mol. The molecule has 116 valence electrons. The molecule has 1 atom stereocenters. The van der Waals surface area contributed by atoms with E-state index in [9.17, 15) is 9.59 Å². The lowest BCUT2D eigenvalue weighted by Gasteiger charge is -2.27. The molecule has 0 fully saturated rings. The fraction of sp³-hybridized carbons (Fsp3) is 0.500. The van der Waals surface area contributed by atoms with Crippen LogP contribution in [0.5, 0.6) is 0 Å². The third-order valence-electron chi connectivity index (χ3n) is 3.30. The molecule has 0 amide bonds. The molecule has 21 heavy (non-hydrogen) atoms. The van der Waals surface area contributed by atoms with Gasteiger partial charge in [-0.05, 0) is 37.8 Å². The molecule has 1 aromatic rings. The van der Waals surface area contributed by atoms with Crippen LogP contribution in [0.3, 0.4) is 0 Å². The molecule has 0 aliphatic carbocycles. The molecule has 0 radical (unpaired) electrons. The first-order valence-corrected chi connectivity index (χ1v) is 7.54. The zero-order chi connectivity index (χ0) is 16.0. The van der Waals surface area contributed by atoms with Crippen molar-refractivity contribution >= 4 is 29.2 Å². The van der Waals surface area contributed by atoms with Crippen molar-refractivity contribution in [1.29, 1.82) is 0 Å². The Morgan fingerprint density at radius 3 is 2.10 bits per heavy atom. The lowest BCUT2D eigenvalue weighted by atomic mass is 10.0. The maximum Gasteiger partial charge on any atom is 0.337 e. The standard InChI is InChI=1S/C16H22ClNO3/c1-5-12-9-8-10-13(6-2)15(12)18(17)14(11(4)19)16(20)21-7-3/h8-10,14H,5-7H2,1-4H3. The molecule has 0 aromatic heterocycles. The molecular formula is C16H22ClNO3. The number of aryl methyl sites for hydroxylation is 2. The third-order valence-corrected chi connectivity index (χ3v) is 3.66. The number of para-hydroxylation sites is 1. The van der Waals surface area contributed by atoms with Crippen LogP contribution < -0.4 is 4.42 Å². The van der Waals surface area contributed by atoms with Gasteiger partial charge in [-0.2, -0.15) is 0 Å². The van der Waals surface area contributed by atoms with E-state index in [0.29, 0.717) is 0 Å². The summed E-state index contributed by atoms with van der Waals surface area (Å²) in [5.74, 6) is -0.954. The largest absolute Gasteiger partial charge is 0.464 e. The topological polar surface area (TPSA) is 46.6 Å². The van der Waals surface area contributed by atoms with Crippen LogP contribution in [-0.4, -0.2) is 24.4 Å². The molecule has 0 bridgehead atoms. The van der Waals surface area contributed by atoms with Gasteiger partial charge in [0.1, 0.15) is 0 Å². The fourth-order valence-corrected chi connectivity index (χ4v) is 2.69. The Balaban J connectivity index is 3.29. The first kappa shape index (κ1) is 17.5. The molecule has 0 aliphatic heterocycles. The Bertz CT molecular complexity index is 494. The minimum Gasteiger partial charge on any atom is -0.464 e. The molecule has 5 heteroatoms. The highest BCUT2D eigenvalue weighted by atomic mass is 35.5. The molecule has 0 saturated heterocycles. The summed E-state index contributed by atoms with van der Waals surface area (Å²) >= 11 is 6.38. The van der Waals surface area contributed by atoms with E-state index >= 15 is 0 Å². The lowest BCUT2D eigenvalue weighted by Crippen LogP contribution is -2.42. The van der Waals surface area contributed by atoms with E-state index in [1.807, 2.05) is 32.0 Å². The third kappa shape index (κ3) is 3.97. The monoisotopic (exact) mass is 311 g/mol. The summed E-state index contributed by atoms with van der Waals surface area (Å²) in [5, 5.41) is 0. The number of carbonyl (C=O) groups is 2. The van der Waals surface area contributed by atoms with Crippen LogP contribution in [0.25, 0.3) is 0 Å². The maximum atomic E-state index is 12.0. The average Bonchev–Trinajstić information content (AvgIpc) is 2.46. The first-order chi connectivity index (χ1) is 9.97. The molecule has 0 spiro atoms. The van der Waals surface area contributed by atoms with Crippen LogP contribution in [0, 0.1) is 0 Å².